The van der Waals surface area contributed by atoms with Crippen LogP contribution in [0.15, 0.2) is 53.2 Å². The van der Waals surface area contributed by atoms with Crippen molar-refractivity contribution in [1.82, 2.24) is 4.98 Å². The maximum atomic E-state index is 14.2. The average Bonchev–Trinajstić information content (AvgIpc) is 3.35. The maximum absolute atomic E-state index is 14.2. The van der Waals surface area contributed by atoms with Gasteiger partial charge in [-0.25, -0.2) is 4.98 Å². The highest BCUT2D eigenvalue weighted by Gasteiger charge is 2.75. The molecule has 4 fully saturated rings. The summed E-state index contributed by atoms with van der Waals surface area (Å²) >= 11 is 1.44. The Kier molecular flexibility index (Phi) is 6.30. The van der Waals surface area contributed by atoms with E-state index >= 15 is 0 Å². The number of aromatic nitrogens is 1. The fraction of sp³-hybridized carbons (Fsp3) is 0.633. The van der Waals surface area contributed by atoms with Crippen molar-refractivity contribution in [1.29, 1.82) is 0 Å². The lowest BCUT2D eigenvalue weighted by Gasteiger charge is -2.59. The summed E-state index contributed by atoms with van der Waals surface area (Å²) in [6.07, 6.45) is 10.6. The van der Waals surface area contributed by atoms with Crippen molar-refractivity contribution in [2.45, 2.75) is 88.4 Å². The molecule has 6 unspecified atom stereocenters. The number of fused-ring (bicyclic) bond motifs is 7. The third-order valence-corrected chi connectivity index (χ3v) is 11.2. The summed E-state index contributed by atoms with van der Waals surface area (Å²) in [6, 6.07) is 5.72. The van der Waals surface area contributed by atoms with Crippen molar-refractivity contribution in [2.24, 2.45) is 28.6 Å². The van der Waals surface area contributed by atoms with Crippen LogP contribution < -0.4 is 0 Å². The highest BCUT2D eigenvalue weighted by molar-refractivity contribution is 7.99. The Bertz CT molecular complexity index is 1150. The molecular weight excluding hydrogens is 486 g/mol. The summed E-state index contributed by atoms with van der Waals surface area (Å²) in [7, 11) is 0. The predicted molar refractivity (Wildman–Crippen MR) is 141 cm³/mol. The van der Waals surface area contributed by atoms with E-state index in [1.54, 1.807) is 18.3 Å². The first-order chi connectivity index (χ1) is 17.7. The zero-order valence-electron chi connectivity index (χ0n) is 21.9. The fourth-order valence-corrected chi connectivity index (χ4v) is 9.49. The van der Waals surface area contributed by atoms with Crippen LogP contribution in [0.1, 0.15) is 59.3 Å². The fourth-order valence-electron chi connectivity index (χ4n) is 8.68. The van der Waals surface area contributed by atoms with Crippen LogP contribution in [0.5, 0.6) is 0 Å². The van der Waals surface area contributed by atoms with Gasteiger partial charge in [0.05, 0.1) is 23.0 Å². The monoisotopic (exact) mass is 523 g/mol. The first-order valence-corrected chi connectivity index (χ1v) is 14.7. The number of rotatable bonds is 6. The number of allylic oxidation sites excluding steroid dienone is 4. The summed E-state index contributed by atoms with van der Waals surface area (Å²) in [6.45, 7) is 6.45. The molecule has 198 valence electrons. The van der Waals surface area contributed by atoms with Gasteiger partial charge in [0.2, 0.25) is 0 Å². The van der Waals surface area contributed by atoms with Gasteiger partial charge >= 0.3 is 0 Å². The summed E-state index contributed by atoms with van der Waals surface area (Å²) in [5.41, 5.74) is -0.807. The zero-order chi connectivity index (χ0) is 26.0. The quantitative estimate of drug-likeness (QED) is 0.530. The average molecular weight is 524 g/mol. The Morgan fingerprint density at radius 1 is 1.30 bits per heavy atom. The van der Waals surface area contributed by atoms with Gasteiger partial charge in [0.1, 0.15) is 0 Å². The second-order valence-electron chi connectivity index (χ2n) is 12.0. The molecule has 1 aromatic rings. The lowest BCUT2D eigenvalue weighted by molar-refractivity contribution is -0.197. The number of pyridine rings is 1. The molecule has 1 aliphatic heterocycles. The van der Waals surface area contributed by atoms with E-state index in [4.69, 9.17) is 9.47 Å². The molecule has 6 nitrogen and oxygen atoms in total. The molecule has 6 rings (SSSR count). The third-order valence-electron chi connectivity index (χ3n) is 10.2. The van der Waals surface area contributed by atoms with Crippen molar-refractivity contribution in [3.63, 3.8) is 0 Å². The van der Waals surface area contributed by atoms with E-state index in [0.29, 0.717) is 6.42 Å². The minimum atomic E-state index is -1.07. The Hall–Kier alpha value is -1.80. The molecule has 37 heavy (non-hydrogen) atoms. The summed E-state index contributed by atoms with van der Waals surface area (Å²) in [5.74, 6) is 0.780. The highest BCUT2D eigenvalue weighted by atomic mass is 32.2. The van der Waals surface area contributed by atoms with Gasteiger partial charge in [-0.2, -0.15) is 0 Å². The number of carbonyl (C=O) groups excluding carboxylic acids is 2. The standard InChI is InChI=1S/C30H37NO5S/c1-4-7-26-35-24-15-21-20-10-9-18-14-19(32)11-12-28(18,2)27(20)22(33)16-29(21,3)30(24,36-26)23(34)17-37-25-8-5-6-13-31-25/h5-6,8,11-14,20-22,24,26-27,33H,4,7,9-10,15-17H2,1-3H3/t20?,21?,22-,24+,26?,27?,28?,29?,30+/m0/s1. The van der Waals surface area contributed by atoms with Crippen LogP contribution in [0.2, 0.25) is 0 Å². The van der Waals surface area contributed by atoms with Crippen LogP contribution in [-0.2, 0) is 19.1 Å². The van der Waals surface area contributed by atoms with Crippen LogP contribution in [-0.4, -0.2) is 51.5 Å². The number of aliphatic hydroxyl groups is 1. The number of ketones is 2. The summed E-state index contributed by atoms with van der Waals surface area (Å²) in [5, 5.41) is 12.6. The number of ether oxygens (including phenoxy) is 2. The molecule has 0 radical (unpaired) electrons. The molecule has 7 heteroatoms. The molecule has 0 bridgehead atoms. The van der Waals surface area contributed by atoms with Crippen molar-refractivity contribution in [3.05, 3.63) is 48.2 Å². The van der Waals surface area contributed by atoms with E-state index in [-0.39, 0.29) is 46.6 Å². The largest absolute Gasteiger partial charge is 0.393 e. The van der Waals surface area contributed by atoms with Gasteiger partial charge in [-0.05, 0) is 68.2 Å². The molecule has 9 atom stereocenters. The van der Waals surface area contributed by atoms with Crippen molar-refractivity contribution in [3.8, 4) is 0 Å². The van der Waals surface area contributed by atoms with Gasteiger partial charge in [-0.3, -0.25) is 9.59 Å². The number of aliphatic hydroxyl groups excluding tert-OH is 1. The van der Waals surface area contributed by atoms with Gasteiger partial charge in [0, 0.05) is 22.9 Å². The van der Waals surface area contributed by atoms with Gasteiger partial charge in [-0.1, -0.05) is 56.7 Å². The summed E-state index contributed by atoms with van der Waals surface area (Å²) in [4.78, 5) is 30.7. The van der Waals surface area contributed by atoms with Crippen LogP contribution in [0.4, 0.5) is 0 Å². The van der Waals surface area contributed by atoms with Gasteiger partial charge in [0.15, 0.2) is 23.5 Å². The molecule has 0 amide bonds. The predicted octanol–water partition coefficient (Wildman–Crippen LogP) is 4.91. The number of nitrogens with zero attached hydrogens (tertiary/aromatic N) is 1. The lowest BCUT2D eigenvalue weighted by atomic mass is 9.46. The van der Waals surface area contributed by atoms with Crippen LogP contribution in [0, 0.1) is 28.6 Å². The van der Waals surface area contributed by atoms with Crippen molar-refractivity contribution < 1.29 is 24.2 Å². The first kappa shape index (κ1) is 25.5. The Morgan fingerprint density at radius 2 is 2.14 bits per heavy atom. The number of hydrogen-bond acceptors (Lipinski definition) is 7. The smallest absolute Gasteiger partial charge is 0.178 e. The zero-order valence-corrected chi connectivity index (χ0v) is 22.7. The second kappa shape index (κ2) is 9.15. The van der Waals surface area contributed by atoms with Crippen LogP contribution in [0.25, 0.3) is 0 Å². The third kappa shape index (κ3) is 3.68. The number of hydrogen-bond donors (Lipinski definition) is 1. The first-order valence-electron chi connectivity index (χ1n) is 13.8. The molecule has 4 aliphatic carbocycles. The Labute approximate surface area is 223 Å². The molecule has 1 N–H and O–H groups in total. The molecule has 2 heterocycles. The van der Waals surface area contributed by atoms with Gasteiger partial charge in [-0.15, -0.1) is 0 Å². The van der Waals surface area contributed by atoms with Crippen LogP contribution in [0.3, 0.4) is 0 Å². The van der Waals surface area contributed by atoms with Crippen molar-refractivity contribution in [2.75, 3.05) is 5.75 Å². The normalized spacial score (nSPS) is 44.0. The minimum absolute atomic E-state index is 0.00948. The Morgan fingerprint density at radius 3 is 2.89 bits per heavy atom. The van der Waals surface area contributed by atoms with Crippen molar-refractivity contribution >= 4 is 23.3 Å². The number of carbonyl (C=O) groups is 2. The lowest BCUT2D eigenvalue weighted by Crippen LogP contribution is -2.63. The van der Waals surface area contributed by atoms with E-state index in [1.165, 1.54) is 11.8 Å². The highest BCUT2D eigenvalue weighted by Crippen LogP contribution is 2.69. The molecule has 1 aromatic heterocycles. The molecule has 1 saturated heterocycles. The topological polar surface area (TPSA) is 85.7 Å². The Balaban J connectivity index is 1.35. The molecule has 3 saturated carbocycles. The minimum Gasteiger partial charge on any atom is -0.393 e. The maximum Gasteiger partial charge on any atom is 0.178 e. The molecule has 0 aromatic carbocycles. The van der Waals surface area contributed by atoms with Gasteiger partial charge in [0.25, 0.3) is 0 Å². The molecular formula is C30H37NO5S. The van der Waals surface area contributed by atoms with E-state index in [9.17, 15) is 14.7 Å². The summed E-state index contributed by atoms with van der Waals surface area (Å²) < 4.78 is 13.2. The SMILES string of the molecule is CCCC1O[C@@H]2CC3C4CCC5=CC(=O)C=CC5(C)C4[C@@H](O)CC3(C)[C@]2(C(=O)CSc2ccccn2)O1. The second-order valence-corrected chi connectivity index (χ2v) is 13.0. The van der Waals surface area contributed by atoms with E-state index < -0.39 is 23.4 Å². The molecule has 5 aliphatic rings. The van der Waals surface area contributed by atoms with E-state index in [1.807, 2.05) is 24.3 Å². The van der Waals surface area contributed by atoms with Crippen LogP contribution >= 0.6 is 11.8 Å². The van der Waals surface area contributed by atoms with Gasteiger partial charge < -0.3 is 14.6 Å². The molecule has 0 spiro atoms. The van der Waals surface area contributed by atoms with E-state index in [2.05, 4.69) is 25.8 Å². The number of thioether (sulfide) groups is 1. The van der Waals surface area contributed by atoms with E-state index in [0.717, 1.165) is 42.7 Å². The number of Topliss-reactive ketones (excluding diaryl/α,β-unsaturated/α-hetero) is 1.